The first-order valence-electron chi connectivity index (χ1n) is 4.65. The SMILES string of the molecule is OCC(O)Cc1c[nH]c2ccccc12. The van der Waals surface area contributed by atoms with Gasteiger partial charge in [-0.3, -0.25) is 0 Å². The number of hydrogen-bond acceptors (Lipinski definition) is 2. The highest BCUT2D eigenvalue weighted by atomic mass is 16.3. The Balaban J connectivity index is 2.33. The van der Waals surface area contributed by atoms with Crippen molar-refractivity contribution in [3.63, 3.8) is 0 Å². The van der Waals surface area contributed by atoms with Crippen LogP contribution in [0.15, 0.2) is 30.5 Å². The molecule has 1 aromatic heterocycles. The smallest absolute Gasteiger partial charge is 0.0811 e. The van der Waals surface area contributed by atoms with Gasteiger partial charge in [0, 0.05) is 23.5 Å². The number of fused-ring (bicyclic) bond motifs is 1. The van der Waals surface area contributed by atoms with Crippen LogP contribution in [0.2, 0.25) is 0 Å². The van der Waals surface area contributed by atoms with Crippen LogP contribution < -0.4 is 0 Å². The Bertz CT molecular complexity index is 422. The van der Waals surface area contributed by atoms with Gasteiger partial charge >= 0.3 is 0 Å². The van der Waals surface area contributed by atoms with Crippen LogP contribution in [0, 0.1) is 0 Å². The van der Waals surface area contributed by atoms with Crippen molar-refractivity contribution >= 4 is 10.9 Å². The zero-order valence-electron chi connectivity index (χ0n) is 7.77. The van der Waals surface area contributed by atoms with E-state index >= 15 is 0 Å². The molecule has 0 amide bonds. The molecule has 0 fully saturated rings. The van der Waals surface area contributed by atoms with E-state index in [1.807, 2.05) is 30.5 Å². The second-order valence-corrected chi connectivity index (χ2v) is 3.40. The van der Waals surface area contributed by atoms with E-state index in [2.05, 4.69) is 4.98 Å². The molecule has 0 bridgehead atoms. The molecule has 0 spiro atoms. The number of H-pyrrole nitrogens is 1. The Labute approximate surface area is 82.0 Å². The second-order valence-electron chi connectivity index (χ2n) is 3.40. The quantitative estimate of drug-likeness (QED) is 0.679. The third-order valence-corrected chi connectivity index (χ3v) is 2.34. The zero-order valence-corrected chi connectivity index (χ0v) is 7.77. The van der Waals surface area contributed by atoms with Crippen LogP contribution in [0.25, 0.3) is 10.9 Å². The minimum Gasteiger partial charge on any atom is -0.394 e. The summed E-state index contributed by atoms with van der Waals surface area (Å²) in [5.74, 6) is 0. The number of aliphatic hydroxyl groups is 2. The fourth-order valence-corrected chi connectivity index (χ4v) is 1.62. The molecule has 1 atom stereocenters. The van der Waals surface area contributed by atoms with Crippen LogP contribution in [0.4, 0.5) is 0 Å². The van der Waals surface area contributed by atoms with Crippen molar-refractivity contribution in [1.82, 2.24) is 4.98 Å². The van der Waals surface area contributed by atoms with Crippen molar-refractivity contribution in [3.05, 3.63) is 36.0 Å². The molecule has 2 rings (SSSR count). The summed E-state index contributed by atoms with van der Waals surface area (Å²) in [6, 6.07) is 7.92. The van der Waals surface area contributed by atoms with Gasteiger partial charge < -0.3 is 15.2 Å². The summed E-state index contributed by atoms with van der Waals surface area (Å²) in [5, 5.41) is 19.2. The molecule has 0 radical (unpaired) electrons. The molecule has 0 aliphatic rings. The number of para-hydroxylation sites is 1. The number of aromatic amines is 1. The molecule has 0 saturated heterocycles. The van der Waals surface area contributed by atoms with Gasteiger partial charge in [-0.25, -0.2) is 0 Å². The van der Waals surface area contributed by atoms with Crippen molar-refractivity contribution in [1.29, 1.82) is 0 Å². The fraction of sp³-hybridized carbons (Fsp3) is 0.273. The largest absolute Gasteiger partial charge is 0.394 e. The second kappa shape index (κ2) is 3.82. The van der Waals surface area contributed by atoms with Gasteiger partial charge in [0.25, 0.3) is 0 Å². The number of aromatic nitrogens is 1. The van der Waals surface area contributed by atoms with Gasteiger partial charge in [0.15, 0.2) is 0 Å². The summed E-state index contributed by atoms with van der Waals surface area (Å²) in [6.45, 7) is -0.195. The first-order chi connectivity index (χ1) is 6.81. The lowest BCUT2D eigenvalue weighted by Gasteiger charge is -2.04. The lowest BCUT2D eigenvalue weighted by atomic mass is 10.1. The molecule has 74 valence electrons. The predicted molar refractivity (Wildman–Crippen MR) is 55.1 cm³/mol. The maximum Gasteiger partial charge on any atom is 0.0811 e. The van der Waals surface area contributed by atoms with Gasteiger partial charge in [-0.05, 0) is 11.6 Å². The molecule has 1 aromatic carbocycles. The first-order valence-corrected chi connectivity index (χ1v) is 4.65. The maximum atomic E-state index is 9.33. The lowest BCUT2D eigenvalue weighted by Crippen LogP contribution is -2.14. The van der Waals surface area contributed by atoms with E-state index in [-0.39, 0.29) is 6.61 Å². The van der Waals surface area contributed by atoms with Gasteiger partial charge in [-0.1, -0.05) is 18.2 Å². The van der Waals surface area contributed by atoms with Crippen molar-refractivity contribution in [2.45, 2.75) is 12.5 Å². The molecule has 14 heavy (non-hydrogen) atoms. The van der Waals surface area contributed by atoms with Gasteiger partial charge in [0.2, 0.25) is 0 Å². The molecule has 3 heteroatoms. The summed E-state index contributed by atoms with van der Waals surface area (Å²) in [5.41, 5.74) is 2.11. The third kappa shape index (κ3) is 1.64. The van der Waals surface area contributed by atoms with Crippen LogP contribution in [0.3, 0.4) is 0 Å². The number of aliphatic hydroxyl groups excluding tert-OH is 2. The number of rotatable bonds is 3. The van der Waals surface area contributed by atoms with Crippen LogP contribution in [-0.4, -0.2) is 27.9 Å². The fourth-order valence-electron chi connectivity index (χ4n) is 1.62. The normalized spacial score (nSPS) is 13.3. The predicted octanol–water partition coefficient (Wildman–Crippen LogP) is 1.06. The molecule has 0 saturated carbocycles. The summed E-state index contributed by atoms with van der Waals surface area (Å²) in [4.78, 5) is 3.12. The van der Waals surface area contributed by atoms with Gasteiger partial charge in [-0.2, -0.15) is 0 Å². The van der Waals surface area contributed by atoms with E-state index in [0.29, 0.717) is 6.42 Å². The van der Waals surface area contributed by atoms with E-state index in [1.54, 1.807) is 0 Å². The monoisotopic (exact) mass is 191 g/mol. The van der Waals surface area contributed by atoms with Crippen molar-refractivity contribution in [3.8, 4) is 0 Å². The van der Waals surface area contributed by atoms with Gasteiger partial charge in [0.1, 0.15) is 0 Å². The molecule has 0 aliphatic heterocycles. The van der Waals surface area contributed by atoms with E-state index < -0.39 is 6.10 Å². The van der Waals surface area contributed by atoms with E-state index in [1.165, 1.54) is 0 Å². The van der Waals surface area contributed by atoms with Crippen molar-refractivity contribution < 1.29 is 10.2 Å². The van der Waals surface area contributed by atoms with E-state index in [0.717, 1.165) is 16.5 Å². The van der Waals surface area contributed by atoms with Crippen molar-refractivity contribution in [2.75, 3.05) is 6.61 Å². The summed E-state index contributed by atoms with van der Waals surface area (Å²) >= 11 is 0. The Morgan fingerprint density at radius 2 is 2.07 bits per heavy atom. The molecule has 2 aromatic rings. The minimum absolute atomic E-state index is 0.195. The number of hydrogen-bond donors (Lipinski definition) is 3. The average molecular weight is 191 g/mol. The van der Waals surface area contributed by atoms with E-state index in [4.69, 9.17) is 5.11 Å². The first kappa shape index (κ1) is 9.24. The molecular formula is C11H13NO2. The molecule has 1 heterocycles. The van der Waals surface area contributed by atoms with E-state index in [9.17, 15) is 5.11 Å². The van der Waals surface area contributed by atoms with Gasteiger partial charge in [0.05, 0.1) is 12.7 Å². The zero-order chi connectivity index (χ0) is 9.97. The summed E-state index contributed by atoms with van der Waals surface area (Å²) in [7, 11) is 0. The Morgan fingerprint density at radius 3 is 2.86 bits per heavy atom. The highest BCUT2D eigenvalue weighted by molar-refractivity contribution is 5.83. The Morgan fingerprint density at radius 1 is 1.29 bits per heavy atom. The Kier molecular flexibility index (Phi) is 2.52. The molecule has 3 nitrogen and oxygen atoms in total. The average Bonchev–Trinajstić information content (AvgIpc) is 2.62. The van der Waals surface area contributed by atoms with Crippen LogP contribution in [0.5, 0.6) is 0 Å². The lowest BCUT2D eigenvalue weighted by molar-refractivity contribution is 0.0957. The highest BCUT2D eigenvalue weighted by Crippen LogP contribution is 2.18. The van der Waals surface area contributed by atoms with Crippen molar-refractivity contribution in [2.24, 2.45) is 0 Å². The Hall–Kier alpha value is -1.32. The molecule has 1 unspecified atom stereocenters. The molecule has 3 N–H and O–H groups in total. The number of benzene rings is 1. The summed E-state index contributed by atoms with van der Waals surface area (Å²) in [6.07, 6.45) is 1.69. The van der Waals surface area contributed by atoms with Crippen LogP contribution >= 0.6 is 0 Å². The molecule has 0 aliphatic carbocycles. The standard InChI is InChI=1S/C11H13NO2/c13-7-9(14)5-8-6-12-11-4-2-1-3-10(8)11/h1-4,6,9,12-14H,5,7H2. The maximum absolute atomic E-state index is 9.33. The topological polar surface area (TPSA) is 56.2 Å². The van der Waals surface area contributed by atoms with Crippen LogP contribution in [-0.2, 0) is 6.42 Å². The highest BCUT2D eigenvalue weighted by Gasteiger charge is 2.07. The van der Waals surface area contributed by atoms with Gasteiger partial charge in [-0.15, -0.1) is 0 Å². The number of nitrogens with one attached hydrogen (secondary N) is 1. The van der Waals surface area contributed by atoms with Crippen LogP contribution in [0.1, 0.15) is 5.56 Å². The molecular weight excluding hydrogens is 178 g/mol. The summed E-state index contributed by atoms with van der Waals surface area (Å²) < 4.78 is 0. The third-order valence-electron chi connectivity index (χ3n) is 2.34. The minimum atomic E-state index is -0.672.